The fraction of sp³-hybridized carbons (Fsp3) is 0.922. The highest BCUT2D eigenvalue weighted by Crippen LogP contribution is 2.80. The number of rotatable bonds is 3. The summed E-state index contributed by atoms with van der Waals surface area (Å²) in [5, 5.41) is 64.5. The maximum absolute atomic E-state index is 12.8. The number of carboxylic acids is 1. The SMILES string of the molecule is CC1(C)CC[C@]2(CO)CC[C@]3(C)C(=CC[C@@H]4[C@@]5(C)CC[C@H](O)C(C)(C)[C@@H]5CC[C@]43C)[C@@H]2C1.C[C@H]1[C@H](C)CC[C@]2(C(=O)O)CC[C@]3(C)C(=CC[C@@H]4[C@@]5(C)CC[C@H](O)C(C)(C)[C@@H]5CC[C@]43C)[C@H]12.C[C@H]1[C@H](C)CC[C@]2(CO)CC[C@]3(C)C(=CC[C@@H]4[C@@]5(C)CC[C@H](O)C(C)(C)[C@@H]5CC[C@]43C)[C@H]12. The van der Waals surface area contributed by atoms with E-state index in [0.717, 1.165) is 63.7 Å². The third kappa shape index (κ3) is 9.78. The van der Waals surface area contributed by atoms with E-state index in [1.165, 1.54) is 128 Å². The van der Waals surface area contributed by atoms with Crippen LogP contribution in [-0.2, 0) is 4.79 Å². The van der Waals surface area contributed by atoms with Gasteiger partial charge in [0, 0.05) is 24.0 Å². The Kier molecular flexibility index (Phi) is 17.9. The van der Waals surface area contributed by atoms with Gasteiger partial charge in [-0.3, -0.25) is 4.79 Å². The van der Waals surface area contributed by atoms with Gasteiger partial charge in [0.15, 0.2) is 0 Å². The molecule has 0 aromatic rings. The Labute approximate surface area is 593 Å². The molecule has 0 aromatic carbocycles. The van der Waals surface area contributed by atoms with Gasteiger partial charge in [-0.05, 0) is 327 Å². The number of aliphatic carboxylic acids is 1. The molecule has 0 heterocycles. The average Bonchev–Trinajstić information content (AvgIpc) is 0.688. The second kappa shape index (κ2) is 23.5. The molecule has 0 saturated heterocycles. The first-order valence-electron chi connectivity index (χ1n) is 41.5. The van der Waals surface area contributed by atoms with Crippen LogP contribution in [0.15, 0.2) is 34.9 Å². The fourth-order valence-corrected chi connectivity index (χ4v) is 32.4. The van der Waals surface area contributed by atoms with Gasteiger partial charge in [-0.2, -0.15) is 0 Å². The molecular formula is C90H148O7. The van der Waals surface area contributed by atoms with Crippen LogP contribution >= 0.6 is 0 Å². The van der Waals surface area contributed by atoms with Crippen LogP contribution in [0.1, 0.15) is 325 Å². The van der Waals surface area contributed by atoms with Crippen LogP contribution < -0.4 is 0 Å². The number of carboxylic acid groups (broad SMARTS) is 1. The quantitative estimate of drug-likeness (QED) is 0.155. The van der Waals surface area contributed by atoms with E-state index in [9.17, 15) is 35.4 Å². The number of allylic oxidation sites excluding steroid dienone is 6. The maximum atomic E-state index is 12.8. The van der Waals surface area contributed by atoms with Crippen molar-refractivity contribution in [2.75, 3.05) is 13.2 Å². The number of carbonyl (C=O) groups is 1. The molecule has 12 saturated carbocycles. The van der Waals surface area contributed by atoms with E-state index in [4.69, 9.17) is 0 Å². The topological polar surface area (TPSA) is 138 Å². The lowest BCUT2D eigenvalue weighted by atomic mass is 9.33. The molecule has 0 aromatic heterocycles. The Morgan fingerprint density at radius 1 is 0.381 bits per heavy atom. The highest BCUT2D eigenvalue weighted by molar-refractivity contribution is 5.76. The van der Waals surface area contributed by atoms with Gasteiger partial charge in [0.05, 0.1) is 23.7 Å². The van der Waals surface area contributed by atoms with Crippen molar-refractivity contribution in [3.8, 4) is 0 Å². The molecular weight excluding hydrogens is 1190 g/mol. The molecule has 0 amide bonds. The summed E-state index contributed by atoms with van der Waals surface area (Å²) in [6.07, 6.45) is 39.6. The van der Waals surface area contributed by atoms with Gasteiger partial charge < -0.3 is 30.6 Å². The standard InChI is InChI=1S/C30H48O3.2C30H50O2/c1-18-10-15-30(25(32)33)17-16-28(6)20(24(30)19(18)2)8-9-22-27(5)13-12-23(31)26(3,4)21(27)11-14-29(22,28)7;1-19-10-15-30(18-31)17-16-28(6)21(25(30)20(19)2)8-9-23-27(5)13-12-24(32)26(3,4)22(27)11-14-29(23,28)7;1-25(2)14-16-30(19-31)17-15-28(6)20(21(30)18-25)8-9-23-27(5)12-11-24(32)26(3,4)22(27)10-13-29(23,28)7/h8,18-19,21-24,31H,9-17H2,1-7H3,(H,32,33);8,19-20,22-25,31-32H,9-18H2,1-7H3;8,21-24,31-32H,9-19H2,1-7H3/t18-,19+,21+,22-,23+,24+,27+,28-,29-,30+;19-,20+,22+,23-,24+,25+,27+,28-,29-,30-;21-,22-,23+,24-,27-,28+,29+,30+/m110/s1. The van der Waals surface area contributed by atoms with Gasteiger partial charge in [0.1, 0.15) is 0 Å². The minimum Gasteiger partial charge on any atom is -0.481 e. The zero-order chi connectivity index (χ0) is 70.9. The molecule has 550 valence electrons. The normalized spacial score (nSPS) is 55.3. The second-order valence-corrected chi connectivity index (χ2v) is 44.1. The minimum absolute atomic E-state index is 0.0190. The van der Waals surface area contributed by atoms with Crippen LogP contribution in [0.4, 0.5) is 0 Å². The van der Waals surface area contributed by atoms with Gasteiger partial charge >= 0.3 is 5.97 Å². The predicted molar refractivity (Wildman–Crippen MR) is 397 cm³/mol. The van der Waals surface area contributed by atoms with E-state index in [1.807, 2.05) is 0 Å². The van der Waals surface area contributed by atoms with Crippen molar-refractivity contribution in [1.29, 1.82) is 0 Å². The van der Waals surface area contributed by atoms with Crippen LogP contribution in [0, 0.1) is 164 Å². The van der Waals surface area contributed by atoms with Gasteiger partial charge in [0.2, 0.25) is 0 Å². The molecule has 15 aliphatic carbocycles. The summed E-state index contributed by atoms with van der Waals surface area (Å²) in [6.45, 7) is 52.7. The third-order valence-electron chi connectivity index (χ3n) is 40.0. The van der Waals surface area contributed by atoms with Crippen LogP contribution in [0.25, 0.3) is 0 Å². The van der Waals surface area contributed by atoms with Crippen molar-refractivity contribution in [3.05, 3.63) is 34.9 Å². The average molecular weight is 1340 g/mol. The number of aliphatic hydroxyl groups is 5. The lowest BCUT2D eigenvalue weighted by Crippen LogP contribution is -2.65. The fourth-order valence-electron chi connectivity index (χ4n) is 32.4. The van der Waals surface area contributed by atoms with Crippen LogP contribution in [0.2, 0.25) is 0 Å². The molecule has 7 heteroatoms. The Morgan fingerprint density at radius 2 is 0.732 bits per heavy atom. The van der Waals surface area contributed by atoms with Crippen molar-refractivity contribution in [2.45, 2.75) is 343 Å². The summed E-state index contributed by atoms with van der Waals surface area (Å²) in [4.78, 5) is 12.8. The second-order valence-electron chi connectivity index (χ2n) is 44.1. The van der Waals surface area contributed by atoms with Crippen LogP contribution in [-0.4, -0.2) is 68.1 Å². The predicted octanol–water partition coefficient (Wildman–Crippen LogP) is 21.2. The number of hydrogen-bond acceptors (Lipinski definition) is 6. The first-order chi connectivity index (χ1) is 44.9. The smallest absolute Gasteiger partial charge is 0.310 e. The lowest BCUT2D eigenvalue weighted by Gasteiger charge is -2.71. The molecule has 0 spiro atoms. The van der Waals surface area contributed by atoms with E-state index in [0.29, 0.717) is 105 Å². The molecule has 97 heavy (non-hydrogen) atoms. The lowest BCUT2D eigenvalue weighted by molar-refractivity contribution is -0.206. The van der Waals surface area contributed by atoms with E-state index < -0.39 is 11.4 Å². The van der Waals surface area contributed by atoms with Crippen LogP contribution in [0.3, 0.4) is 0 Å². The number of fused-ring (bicyclic) bond motifs is 21. The molecule has 28 atom stereocenters. The zero-order valence-corrected chi connectivity index (χ0v) is 66.3. The molecule has 0 radical (unpaired) electrons. The summed E-state index contributed by atoms with van der Waals surface area (Å²) in [5.41, 5.74) is 7.39. The minimum atomic E-state index is -0.557. The number of hydrogen-bond donors (Lipinski definition) is 6. The Bertz CT molecular complexity index is 3130. The molecule has 0 bridgehead atoms. The Hall–Kier alpha value is -1.51. The van der Waals surface area contributed by atoms with E-state index >= 15 is 0 Å². The zero-order valence-electron chi connectivity index (χ0n) is 66.3. The molecule has 0 unspecified atom stereocenters. The van der Waals surface area contributed by atoms with Crippen LogP contribution in [0.5, 0.6) is 0 Å². The van der Waals surface area contributed by atoms with E-state index in [2.05, 4.69) is 164 Å². The summed E-state index contributed by atoms with van der Waals surface area (Å²) >= 11 is 0. The molecule has 6 N–H and O–H groups in total. The van der Waals surface area contributed by atoms with Crippen molar-refractivity contribution in [3.63, 3.8) is 0 Å². The molecule has 0 aliphatic heterocycles. The first kappa shape index (κ1) is 73.8. The summed E-state index contributed by atoms with van der Waals surface area (Å²) in [5.74, 6) is 6.99. The van der Waals surface area contributed by atoms with E-state index in [1.54, 1.807) is 11.1 Å². The third-order valence-corrected chi connectivity index (χ3v) is 40.0. The van der Waals surface area contributed by atoms with Crippen molar-refractivity contribution >= 4 is 5.97 Å². The van der Waals surface area contributed by atoms with Crippen molar-refractivity contribution in [1.82, 2.24) is 0 Å². The van der Waals surface area contributed by atoms with Gasteiger partial charge in [-0.25, -0.2) is 0 Å². The first-order valence-corrected chi connectivity index (χ1v) is 41.5. The summed E-state index contributed by atoms with van der Waals surface area (Å²) < 4.78 is 0. The highest BCUT2D eigenvalue weighted by atomic mass is 16.4. The highest BCUT2D eigenvalue weighted by Gasteiger charge is 2.73. The maximum Gasteiger partial charge on any atom is 0.310 e. The Morgan fingerprint density at radius 3 is 1.14 bits per heavy atom. The van der Waals surface area contributed by atoms with Crippen molar-refractivity contribution in [2.24, 2.45) is 164 Å². The summed E-state index contributed by atoms with van der Waals surface area (Å²) in [7, 11) is 0. The molecule has 15 rings (SSSR count). The largest absolute Gasteiger partial charge is 0.481 e. The van der Waals surface area contributed by atoms with Crippen molar-refractivity contribution < 1.29 is 35.4 Å². The monoisotopic (exact) mass is 1340 g/mol. The van der Waals surface area contributed by atoms with Gasteiger partial charge in [-0.15, -0.1) is 0 Å². The molecule has 15 aliphatic rings. The Balaban J connectivity index is 0.000000131. The van der Waals surface area contributed by atoms with E-state index in [-0.39, 0.29) is 78.4 Å². The summed E-state index contributed by atoms with van der Waals surface area (Å²) in [6, 6.07) is 0. The molecule has 12 fully saturated rings. The number of aliphatic hydroxyl groups excluding tert-OH is 5. The van der Waals surface area contributed by atoms with Gasteiger partial charge in [0.25, 0.3) is 0 Å². The molecule has 7 nitrogen and oxygen atoms in total. The van der Waals surface area contributed by atoms with Gasteiger partial charge in [-0.1, -0.05) is 180 Å².